The highest BCUT2D eigenvalue weighted by Gasteiger charge is 2.33. The summed E-state index contributed by atoms with van der Waals surface area (Å²) < 4.78 is 10.5. The van der Waals surface area contributed by atoms with E-state index in [0.29, 0.717) is 16.9 Å². The van der Waals surface area contributed by atoms with Crippen molar-refractivity contribution < 1.29 is 9.53 Å². The van der Waals surface area contributed by atoms with Crippen LogP contribution in [0.2, 0.25) is 0 Å². The third-order valence-corrected chi connectivity index (χ3v) is 9.42. The van der Waals surface area contributed by atoms with Gasteiger partial charge in [-0.15, -0.1) is 0 Å². The third kappa shape index (κ3) is 8.01. The number of hydrogen-bond acceptors (Lipinski definition) is 10. The van der Waals surface area contributed by atoms with E-state index in [1.165, 1.54) is 0 Å². The summed E-state index contributed by atoms with van der Waals surface area (Å²) in [6.07, 6.45) is 11.5. The first-order valence-electron chi connectivity index (χ1n) is 16.3. The highest BCUT2D eigenvalue weighted by atomic mass is 79.9. The maximum Gasteiger partial charge on any atom is 0.408 e. The van der Waals surface area contributed by atoms with Crippen molar-refractivity contribution in [1.82, 2.24) is 34.5 Å². The Hall–Kier alpha value is -5.51. The van der Waals surface area contributed by atoms with Crippen LogP contribution in [-0.4, -0.2) is 59.5 Å². The zero-order valence-electron chi connectivity index (χ0n) is 28.9. The van der Waals surface area contributed by atoms with E-state index in [1.54, 1.807) is 33.7 Å². The highest BCUT2D eigenvalue weighted by Crippen LogP contribution is 2.32. The van der Waals surface area contributed by atoms with Crippen molar-refractivity contribution in [3.05, 3.63) is 93.7 Å². The van der Waals surface area contributed by atoms with Gasteiger partial charge in [-0.1, -0.05) is 0 Å². The van der Waals surface area contributed by atoms with Gasteiger partial charge in [-0.3, -0.25) is 0 Å². The lowest BCUT2D eigenvalue weighted by Crippen LogP contribution is -2.54. The largest absolute Gasteiger partial charge is 0.444 e. The Bertz CT molecular complexity index is 2340. The molecule has 0 unspecified atom stereocenters. The monoisotopic (exact) mass is 823 g/mol. The van der Waals surface area contributed by atoms with Crippen molar-refractivity contribution in [1.29, 1.82) is 10.5 Å². The fourth-order valence-corrected chi connectivity index (χ4v) is 6.83. The second kappa shape index (κ2) is 14.6. The molecule has 1 aliphatic heterocycles. The number of nitrogens with one attached hydrogen (secondary N) is 1. The molecule has 6 aromatic heterocycles. The number of halogens is 2. The molecule has 264 valence electrons. The van der Waals surface area contributed by atoms with Gasteiger partial charge in [0.1, 0.15) is 29.4 Å². The number of alkyl carbamates (subject to hydrolysis) is 1. The van der Waals surface area contributed by atoms with Crippen molar-refractivity contribution in [3.8, 4) is 34.4 Å². The Morgan fingerprint density at radius 1 is 0.865 bits per heavy atom. The van der Waals surface area contributed by atoms with Gasteiger partial charge < -0.3 is 20.7 Å². The van der Waals surface area contributed by atoms with E-state index in [4.69, 9.17) is 20.7 Å². The van der Waals surface area contributed by atoms with Gasteiger partial charge in [0.15, 0.2) is 0 Å². The second-order valence-electron chi connectivity index (χ2n) is 13.6. The molecule has 13 nitrogen and oxygen atoms in total. The van der Waals surface area contributed by atoms with E-state index in [0.717, 1.165) is 74.0 Å². The minimum Gasteiger partial charge on any atom is -0.444 e. The van der Waals surface area contributed by atoms with Crippen molar-refractivity contribution in [2.24, 2.45) is 0 Å². The Labute approximate surface area is 317 Å². The molecule has 52 heavy (non-hydrogen) atoms. The van der Waals surface area contributed by atoms with Gasteiger partial charge in [0.05, 0.1) is 34.6 Å². The number of hydrogen-bond donors (Lipinski definition) is 2. The van der Waals surface area contributed by atoms with E-state index in [1.807, 2.05) is 69.7 Å². The molecular formula is C37H35Br2N11O2. The van der Waals surface area contributed by atoms with Crippen molar-refractivity contribution in [2.75, 3.05) is 23.7 Å². The van der Waals surface area contributed by atoms with Crippen molar-refractivity contribution >= 4 is 60.6 Å². The van der Waals surface area contributed by atoms with Crippen LogP contribution >= 0.6 is 31.9 Å². The van der Waals surface area contributed by atoms with E-state index in [9.17, 15) is 10.1 Å². The number of nitrogens with two attached hydrogens (primary N) is 1. The molecule has 0 saturated carbocycles. The number of carbonyl (C=O) groups is 1. The molecule has 1 fully saturated rings. The molecule has 0 aliphatic carbocycles. The summed E-state index contributed by atoms with van der Waals surface area (Å²) in [7, 11) is 0. The van der Waals surface area contributed by atoms with E-state index < -0.39 is 5.60 Å². The van der Waals surface area contributed by atoms with Crippen molar-refractivity contribution in [3.63, 3.8) is 0 Å². The number of fused-ring (bicyclic) bond motifs is 2. The lowest BCUT2D eigenvalue weighted by Gasteiger charge is -2.40. The molecular weight excluding hydrogens is 790 g/mol. The molecule has 3 N–H and O–H groups in total. The molecule has 1 aliphatic rings. The van der Waals surface area contributed by atoms with E-state index in [-0.39, 0.29) is 11.6 Å². The molecule has 0 spiro atoms. The molecule has 6 aromatic rings. The van der Waals surface area contributed by atoms with Gasteiger partial charge in [-0.05, 0) is 109 Å². The molecule has 0 atom stereocenters. The first-order valence-corrected chi connectivity index (χ1v) is 17.9. The predicted octanol–water partition coefficient (Wildman–Crippen LogP) is 7.53. The molecule has 0 bridgehead atoms. The molecule has 1 saturated heterocycles. The summed E-state index contributed by atoms with van der Waals surface area (Å²) in [5.74, 6) is 1.35. The molecule has 0 aromatic carbocycles. The number of ether oxygens (including phenoxy) is 1. The summed E-state index contributed by atoms with van der Waals surface area (Å²) in [5, 5.41) is 30.1. The van der Waals surface area contributed by atoms with E-state index >= 15 is 0 Å². The fraction of sp³-hybridized carbons (Fsp3) is 0.270. The topological polar surface area (TPSA) is 176 Å². The normalized spacial score (nSPS) is 13.9. The number of nitriles is 2. The van der Waals surface area contributed by atoms with Crippen LogP contribution in [0.5, 0.6) is 0 Å². The molecule has 0 radical (unpaired) electrons. The number of piperidine rings is 1. The second-order valence-corrected chi connectivity index (χ2v) is 15.5. The van der Waals surface area contributed by atoms with Gasteiger partial charge in [-0.2, -0.15) is 20.7 Å². The van der Waals surface area contributed by atoms with Gasteiger partial charge in [0, 0.05) is 74.6 Å². The molecule has 15 heteroatoms. The summed E-state index contributed by atoms with van der Waals surface area (Å²) >= 11 is 6.96. The number of rotatable bonds is 4. The summed E-state index contributed by atoms with van der Waals surface area (Å²) in [4.78, 5) is 23.2. The van der Waals surface area contributed by atoms with Gasteiger partial charge >= 0.3 is 6.09 Å². The Balaban J connectivity index is 0.000000206. The number of aromatic nitrogens is 6. The number of nitrogen functional groups attached to an aromatic ring is 1. The van der Waals surface area contributed by atoms with Crippen LogP contribution in [0.25, 0.3) is 33.3 Å². The number of pyridine rings is 4. The highest BCUT2D eigenvalue weighted by molar-refractivity contribution is 9.10. The Kier molecular flexibility index (Phi) is 10.2. The van der Waals surface area contributed by atoms with Crippen LogP contribution in [0.1, 0.15) is 51.7 Å². The van der Waals surface area contributed by atoms with Crippen LogP contribution in [0.15, 0.2) is 82.5 Å². The van der Waals surface area contributed by atoms with Gasteiger partial charge in [0.25, 0.3) is 0 Å². The Morgan fingerprint density at radius 3 is 1.83 bits per heavy atom. The summed E-state index contributed by atoms with van der Waals surface area (Å²) in [6.45, 7) is 9.20. The first-order chi connectivity index (χ1) is 24.8. The minimum absolute atomic E-state index is 0.309. The fourth-order valence-electron chi connectivity index (χ4n) is 5.98. The van der Waals surface area contributed by atoms with Crippen LogP contribution in [0, 0.1) is 22.7 Å². The number of amides is 1. The van der Waals surface area contributed by atoms with Gasteiger partial charge in [-0.25, -0.2) is 23.8 Å². The molecule has 7 rings (SSSR count). The zero-order valence-corrected chi connectivity index (χ0v) is 32.1. The standard InChI is InChI=1S/C24H27BrN6O2.C13H8BrN5/c1-23(2,3)33-22(32)29-24(4)7-9-30(10-8-24)20-6-5-16(13-27-20)19-11-18(25)15-31-21(19)17(12-26)14-28-31;14-10-3-11(8-1-2-12(16)17-5-8)13-9(4-15)6-18-19(13)7-10/h5-6,11,13-15H,7-10H2,1-4H3,(H,29,32);1-3,5-7H,(H2,16,17). The number of carbonyl (C=O) groups excluding carboxylic acids is 1. The zero-order chi connectivity index (χ0) is 37.2. The van der Waals surface area contributed by atoms with Crippen LogP contribution in [0.3, 0.4) is 0 Å². The van der Waals surface area contributed by atoms with Gasteiger partial charge in [0.2, 0.25) is 0 Å². The molecule has 7 heterocycles. The third-order valence-electron chi connectivity index (χ3n) is 8.55. The van der Waals surface area contributed by atoms with Crippen LogP contribution in [-0.2, 0) is 4.74 Å². The Morgan fingerprint density at radius 2 is 1.38 bits per heavy atom. The lowest BCUT2D eigenvalue weighted by molar-refractivity contribution is 0.0448. The first kappa shape index (κ1) is 36.3. The maximum absolute atomic E-state index is 12.2. The molecule has 1 amide bonds. The number of nitrogens with zero attached hydrogens (tertiary/aromatic N) is 9. The predicted molar refractivity (Wildman–Crippen MR) is 205 cm³/mol. The minimum atomic E-state index is -0.516. The van der Waals surface area contributed by atoms with Crippen LogP contribution < -0.4 is 16.0 Å². The average molecular weight is 826 g/mol. The van der Waals surface area contributed by atoms with Crippen molar-refractivity contribution in [2.45, 2.75) is 51.7 Å². The van der Waals surface area contributed by atoms with E-state index in [2.05, 4.69) is 76.3 Å². The summed E-state index contributed by atoms with van der Waals surface area (Å²) in [6, 6.07) is 15.9. The lowest BCUT2D eigenvalue weighted by atomic mass is 9.90. The number of anilines is 2. The SMILES string of the molecule is CC1(NC(=O)OC(C)(C)C)CCN(c2ccc(-c3cc(Br)cn4ncc(C#N)c34)cn2)CC1.N#Cc1cnn2cc(Br)cc(-c3ccc(N)nc3)c12. The smallest absolute Gasteiger partial charge is 0.408 e. The van der Waals surface area contributed by atoms with Crippen LogP contribution in [0.4, 0.5) is 16.4 Å². The summed E-state index contributed by atoms with van der Waals surface area (Å²) in [5.41, 5.74) is 10.9. The maximum atomic E-state index is 12.2. The average Bonchev–Trinajstić information content (AvgIpc) is 3.71. The quantitative estimate of drug-likeness (QED) is 0.181.